The van der Waals surface area contributed by atoms with Crippen molar-refractivity contribution in [2.24, 2.45) is 35.5 Å². The molecule has 1 saturated carbocycles. The van der Waals surface area contributed by atoms with Gasteiger partial charge < -0.3 is 0 Å². The highest BCUT2D eigenvalue weighted by Crippen LogP contribution is 2.49. The highest BCUT2D eigenvalue weighted by molar-refractivity contribution is 4.90. The third kappa shape index (κ3) is 6.32. The first kappa shape index (κ1) is 17.1. The zero-order valence-corrected chi connectivity index (χ0v) is 14.4. The van der Waals surface area contributed by atoms with Crippen LogP contribution in [0.4, 0.5) is 0 Å². The summed E-state index contributed by atoms with van der Waals surface area (Å²) in [5.74, 6) is 5.85. The minimum Gasteiger partial charge on any atom is -0.0654 e. The summed E-state index contributed by atoms with van der Waals surface area (Å²) in [7, 11) is 0. The Morgan fingerprint density at radius 3 is 2.16 bits per heavy atom. The predicted octanol–water partition coefficient (Wildman–Crippen LogP) is 6.55. The molecule has 0 nitrogen and oxygen atoms in total. The largest absolute Gasteiger partial charge is 0.0654 e. The van der Waals surface area contributed by atoms with Crippen molar-refractivity contribution in [1.29, 1.82) is 0 Å². The molecule has 1 aliphatic rings. The lowest BCUT2D eigenvalue weighted by atomic mass is 9.88. The zero-order valence-electron chi connectivity index (χ0n) is 14.4. The first-order valence-electron chi connectivity index (χ1n) is 8.95. The molecule has 5 unspecified atom stereocenters. The van der Waals surface area contributed by atoms with Gasteiger partial charge in [-0.2, -0.15) is 0 Å². The number of hydrogen-bond donors (Lipinski definition) is 0. The monoisotopic (exact) mass is 266 g/mol. The first-order chi connectivity index (χ1) is 8.95. The third-order valence-corrected chi connectivity index (χ3v) is 5.59. The number of hydrogen-bond acceptors (Lipinski definition) is 0. The van der Waals surface area contributed by atoms with Crippen LogP contribution in [0, 0.1) is 35.5 Å². The van der Waals surface area contributed by atoms with E-state index < -0.39 is 0 Å². The molecule has 0 spiro atoms. The fourth-order valence-electron chi connectivity index (χ4n) is 3.72. The molecule has 0 heteroatoms. The van der Waals surface area contributed by atoms with Gasteiger partial charge in [0.1, 0.15) is 0 Å². The van der Waals surface area contributed by atoms with Crippen LogP contribution in [0.3, 0.4) is 0 Å². The van der Waals surface area contributed by atoms with Crippen molar-refractivity contribution >= 4 is 0 Å². The lowest BCUT2D eigenvalue weighted by Gasteiger charge is -2.18. The van der Waals surface area contributed by atoms with E-state index in [-0.39, 0.29) is 0 Å². The summed E-state index contributed by atoms with van der Waals surface area (Å²) in [4.78, 5) is 0. The Morgan fingerprint density at radius 1 is 0.947 bits per heavy atom. The molecule has 1 aliphatic carbocycles. The fourth-order valence-corrected chi connectivity index (χ4v) is 3.72. The molecule has 5 atom stereocenters. The van der Waals surface area contributed by atoms with E-state index in [1.807, 2.05) is 0 Å². The zero-order chi connectivity index (χ0) is 14.4. The molecule has 0 heterocycles. The second kappa shape index (κ2) is 8.32. The van der Waals surface area contributed by atoms with Crippen LogP contribution >= 0.6 is 0 Å². The average Bonchev–Trinajstić information content (AvgIpc) is 3.12. The molecule has 0 aromatic carbocycles. The van der Waals surface area contributed by atoms with Crippen LogP contribution < -0.4 is 0 Å². The van der Waals surface area contributed by atoms with Crippen LogP contribution in [-0.2, 0) is 0 Å². The molecule has 0 amide bonds. The standard InChI is InChI=1S/C19H38/c1-7-8-9-15(4)12-16(5)10-11-18-13-19(18)17(6)14(2)3/h14-19H,7-13H2,1-6H3. The van der Waals surface area contributed by atoms with Crippen molar-refractivity contribution in [1.82, 2.24) is 0 Å². The van der Waals surface area contributed by atoms with Gasteiger partial charge in [0.2, 0.25) is 0 Å². The minimum absolute atomic E-state index is 0.876. The number of rotatable bonds is 10. The topological polar surface area (TPSA) is 0 Å². The predicted molar refractivity (Wildman–Crippen MR) is 87.3 cm³/mol. The van der Waals surface area contributed by atoms with Gasteiger partial charge in [-0.05, 0) is 54.8 Å². The summed E-state index contributed by atoms with van der Waals surface area (Å²) in [6.07, 6.45) is 10.2. The van der Waals surface area contributed by atoms with Crippen LogP contribution in [0.25, 0.3) is 0 Å². The number of unbranched alkanes of at least 4 members (excludes halogenated alkanes) is 1. The maximum atomic E-state index is 2.48. The Hall–Kier alpha value is 0. The van der Waals surface area contributed by atoms with E-state index in [2.05, 4.69) is 41.5 Å². The molecule has 1 rings (SSSR count). The second-order valence-corrected chi connectivity index (χ2v) is 7.93. The molecule has 0 aromatic heterocycles. The Kier molecular flexibility index (Phi) is 7.47. The molecule has 1 fully saturated rings. The van der Waals surface area contributed by atoms with E-state index in [1.54, 1.807) is 0 Å². The molecule has 0 radical (unpaired) electrons. The Balaban J connectivity index is 2.10. The minimum atomic E-state index is 0.876. The van der Waals surface area contributed by atoms with Gasteiger partial charge in [-0.1, -0.05) is 67.2 Å². The van der Waals surface area contributed by atoms with Crippen molar-refractivity contribution in [2.75, 3.05) is 0 Å². The van der Waals surface area contributed by atoms with Crippen molar-refractivity contribution in [2.45, 2.75) is 86.5 Å². The van der Waals surface area contributed by atoms with Gasteiger partial charge in [0.15, 0.2) is 0 Å². The molecule has 114 valence electrons. The van der Waals surface area contributed by atoms with Gasteiger partial charge in [-0.25, -0.2) is 0 Å². The molecular weight excluding hydrogens is 228 g/mol. The van der Waals surface area contributed by atoms with Gasteiger partial charge in [-0.15, -0.1) is 0 Å². The molecular formula is C19H38. The molecule has 0 bridgehead atoms. The Labute approximate surface area is 122 Å². The summed E-state index contributed by atoms with van der Waals surface area (Å²) in [6.45, 7) is 14.5. The van der Waals surface area contributed by atoms with Crippen molar-refractivity contribution < 1.29 is 0 Å². The third-order valence-electron chi connectivity index (χ3n) is 5.59. The van der Waals surface area contributed by atoms with Crippen molar-refractivity contribution in [3.05, 3.63) is 0 Å². The highest BCUT2D eigenvalue weighted by Gasteiger charge is 2.41. The summed E-state index contributed by atoms with van der Waals surface area (Å²) in [5.41, 5.74) is 0. The van der Waals surface area contributed by atoms with Gasteiger partial charge in [-0.3, -0.25) is 0 Å². The van der Waals surface area contributed by atoms with Crippen LogP contribution in [0.1, 0.15) is 86.5 Å². The molecule has 0 saturated heterocycles. The van der Waals surface area contributed by atoms with E-state index in [4.69, 9.17) is 0 Å². The quantitative estimate of drug-likeness (QED) is 0.421. The highest BCUT2D eigenvalue weighted by atomic mass is 14.5. The molecule has 0 N–H and O–H groups in total. The molecule has 0 aliphatic heterocycles. The SMILES string of the molecule is CCCCC(C)CC(C)CCC1CC1C(C)C(C)C. The van der Waals surface area contributed by atoms with E-state index in [1.165, 1.54) is 44.9 Å². The fraction of sp³-hybridized carbons (Fsp3) is 1.00. The summed E-state index contributed by atoms with van der Waals surface area (Å²) in [6, 6.07) is 0. The van der Waals surface area contributed by atoms with Crippen LogP contribution in [0.2, 0.25) is 0 Å². The van der Waals surface area contributed by atoms with Crippen molar-refractivity contribution in [3.63, 3.8) is 0 Å². The summed E-state index contributed by atoms with van der Waals surface area (Å²) in [5, 5.41) is 0. The van der Waals surface area contributed by atoms with E-state index in [0.717, 1.165) is 35.5 Å². The summed E-state index contributed by atoms with van der Waals surface area (Å²) < 4.78 is 0. The van der Waals surface area contributed by atoms with Gasteiger partial charge >= 0.3 is 0 Å². The van der Waals surface area contributed by atoms with Gasteiger partial charge in [0, 0.05) is 0 Å². The normalized spacial score (nSPS) is 27.3. The van der Waals surface area contributed by atoms with Crippen molar-refractivity contribution in [3.8, 4) is 0 Å². The van der Waals surface area contributed by atoms with Gasteiger partial charge in [0.05, 0.1) is 0 Å². The Morgan fingerprint density at radius 2 is 1.58 bits per heavy atom. The lowest BCUT2D eigenvalue weighted by Crippen LogP contribution is -2.08. The molecule has 0 aromatic rings. The summed E-state index contributed by atoms with van der Waals surface area (Å²) >= 11 is 0. The smallest absolute Gasteiger partial charge is 0.0355 e. The van der Waals surface area contributed by atoms with E-state index in [0.29, 0.717) is 0 Å². The average molecular weight is 267 g/mol. The molecule has 19 heavy (non-hydrogen) atoms. The maximum absolute atomic E-state index is 2.48. The van der Waals surface area contributed by atoms with Crippen LogP contribution in [0.15, 0.2) is 0 Å². The second-order valence-electron chi connectivity index (χ2n) is 7.93. The van der Waals surface area contributed by atoms with E-state index >= 15 is 0 Å². The van der Waals surface area contributed by atoms with Gasteiger partial charge in [0.25, 0.3) is 0 Å². The first-order valence-corrected chi connectivity index (χ1v) is 8.95. The van der Waals surface area contributed by atoms with E-state index in [9.17, 15) is 0 Å². The Bertz CT molecular complexity index is 230. The lowest BCUT2D eigenvalue weighted by molar-refractivity contribution is 0.328. The van der Waals surface area contributed by atoms with Crippen LogP contribution in [-0.4, -0.2) is 0 Å². The van der Waals surface area contributed by atoms with Crippen LogP contribution in [0.5, 0.6) is 0 Å². The maximum Gasteiger partial charge on any atom is -0.0355 e.